The van der Waals surface area contributed by atoms with Crippen molar-refractivity contribution in [2.45, 2.75) is 33.0 Å². The second kappa shape index (κ2) is 10.1. The van der Waals surface area contributed by atoms with Crippen LogP contribution in [-0.4, -0.2) is 35.3 Å². The number of anilines is 2. The predicted octanol–water partition coefficient (Wildman–Crippen LogP) is 5.82. The minimum Gasteiger partial charge on any atom is -0.370 e. The Morgan fingerprint density at radius 1 is 0.919 bits per heavy atom. The number of Topliss-reactive ketones (excluding diaryl/α,β-unsaturated/α-hetero) is 1. The van der Waals surface area contributed by atoms with Crippen molar-refractivity contribution < 1.29 is 9.59 Å². The fraction of sp³-hybridized carbons (Fsp3) is 0.226. The Balaban J connectivity index is 1.46. The number of para-hydroxylation sites is 1. The van der Waals surface area contributed by atoms with Crippen molar-refractivity contribution in [3.63, 3.8) is 0 Å². The number of carbonyl (C=O) groups excluding carboxylic acids is 2. The molecule has 4 aromatic rings. The molecule has 2 heterocycles. The minimum atomic E-state index is -0.523. The molecule has 0 fully saturated rings. The van der Waals surface area contributed by atoms with E-state index in [9.17, 15) is 9.59 Å². The summed E-state index contributed by atoms with van der Waals surface area (Å²) >= 11 is 0. The summed E-state index contributed by atoms with van der Waals surface area (Å²) in [5.74, 6) is -0.161. The third kappa shape index (κ3) is 4.93. The highest BCUT2D eigenvalue weighted by Crippen LogP contribution is 2.33. The number of rotatable bonds is 6. The number of aryl methyl sites for hydroxylation is 2. The molecule has 0 radical (unpaired) electrons. The van der Waals surface area contributed by atoms with E-state index in [0.717, 1.165) is 34.6 Å². The quantitative estimate of drug-likeness (QED) is 0.333. The number of hydrogen-bond acceptors (Lipinski definition) is 4. The molecule has 0 aliphatic carbocycles. The van der Waals surface area contributed by atoms with Crippen molar-refractivity contribution in [3.05, 3.63) is 118 Å². The summed E-state index contributed by atoms with van der Waals surface area (Å²) in [6, 6.07) is 24.8. The number of fused-ring (bicyclic) bond motifs is 2. The van der Waals surface area contributed by atoms with Gasteiger partial charge in [0.1, 0.15) is 6.04 Å². The van der Waals surface area contributed by atoms with Crippen LogP contribution < -0.4 is 10.6 Å². The summed E-state index contributed by atoms with van der Waals surface area (Å²) in [4.78, 5) is 28.9. The standard InChI is InChI=1S/C31H32N4O2/c1-20-9-5-7-11-26(20)31(37)32-23-13-15-25(21(2)17-23)30(36)29-28-16-14-24(19-34(3)4)35(28)18-22-10-6-8-12-27(22)33-29/h5-17,29,33H,18-19H2,1-4H3,(H,32,37). The van der Waals surface area contributed by atoms with Gasteiger partial charge in [-0.25, -0.2) is 0 Å². The van der Waals surface area contributed by atoms with Gasteiger partial charge in [-0.3, -0.25) is 9.59 Å². The minimum absolute atomic E-state index is 0.00161. The average Bonchev–Trinajstić information content (AvgIpc) is 3.15. The molecule has 6 nitrogen and oxygen atoms in total. The van der Waals surface area contributed by atoms with Crippen molar-refractivity contribution in [2.75, 3.05) is 24.7 Å². The Morgan fingerprint density at radius 3 is 2.43 bits per heavy atom. The maximum absolute atomic E-state index is 14.0. The number of nitrogens with one attached hydrogen (secondary N) is 2. The first kappa shape index (κ1) is 24.5. The molecule has 2 N–H and O–H groups in total. The van der Waals surface area contributed by atoms with E-state index in [1.165, 1.54) is 5.69 Å². The van der Waals surface area contributed by atoms with Crippen LogP contribution in [0.25, 0.3) is 0 Å². The Bertz CT molecular complexity index is 1480. The van der Waals surface area contributed by atoms with Gasteiger partial charge in [-0.2, -0.15) is 0 Å². The Labute approximate surface area is 217 Å². The molecule has 1 aliphatic rings. The Morgan fingerprint density at radius 2 is 1.68 bits per heavy atom. The maximum atomic E-state index is 14.0. The smallest absolute Gasteiger partial charge is 0.255 e. The number of aromatic nitrogens is 1. The summed E-state index contributed by atoms with van der Waals surface area (Å²) in [6.45, 7) is 5.33. The lowest BCUT2D eigenvalue weighted by molar-refractivity contribution is 0.0965. The highest BCUT2D eigenvalue weighted by Gasteiger charge is 2.30. The van der Waals surface area contributed by atoms with Gasteiger partial charge in [-0.15, -0.1) is 0 Å². The molecule has 37 heavy (non-hydrogen) atoms. The normalized spacial score (nSPS) is 14.4. The molecule has 5 rings (SSSR count). The first-order chi connectivity index (χ1) is 17.8. The average molecular weight is 493 g/mol. The van der Waals surface area contributed by atoms with Gasteiger partial charge in [0.2, 0.25) is 0 Å². The molecule has 1 aliphatic heterocycles. The molecule has 0 spiro atoms. The first-order valence-corrected chi connectivity index (χ1v) is 12.5. The van der Waals surface area contributed by atoms with E-state index in [-0.39, 0.29) is 11.7 Å². The van der Waals surface area contributed by atoms with E-state index >= 15 is 0 Å². The van der Waals surface area contributed by atoms with Gasteiger partial charge in [0, 0.05) is 47.0 Å². The predicted molar refractivity (Wildman–Crippen MR) is 148 cm³/mol. The van der Waals surface area contributed by atoms with Crippen molar-refractivity contribution in [2.24, 2.45) is 0 Å². The van der Waals surface area contributed by atoms with Crippen molar-refractivity contribution in [1.29, 1.82) is 0 Å². The molecule has 0 saturated heterocycles. The Kier molecular flexibility index (Phi) is 6.68. The third-order valence-electron chi connectivity index (χ3n) is 6.93. The lowest BCUT2D eigenvalue weighted by atomic mass is 9.96. The van der Waals surface area contributed by atoms with Gasteiger partial charge < -0.3 is 20.1 Å². The Hall–Kier alpha value is -4.16. The largest absolute Gasteiger partial charge is 0.370 e. The molecule has 0 saturated carbocycles. The molecule has 6 heteroatoms. The fourth-order valence-electron chi connectivity index (χ4n) is 5.03. The molecule has 3 aromatic carbocycles. The van der Waals surface area contributed by atoms with Crippen molar-refractivity contribution >= 4 is 23.1 Å². The first-order valence-electron chi connectivity index (χ1n) is 12.5. The molecule has 1 amide bonds. The summed E-state index contributed by atoms with van der Waals surface area (Å²) in [5.41, 5.74) is 7.91. The summed E-state index contributed by atoms with van der Waals surface area (Å²) < 4.78 is 2.26. The molecule has 1 atom stereocenters. The van der Waals surface area contributed by atoms with Gasteiger partial charge in [-0.05, 0) is 87.1 Å². The van der Waals surface area contributed by atoms with E-state index in [2.05, 4.69) is 38.3 Å². The molecular weight excluding hydrogens is 460 g/mol. The van der Waals surface area contributed by atoms with Crippen LogP contribution in [0.2, 0.25) is 0 Å². The number of benzene rings is 3. The van der Waals surface area contributed by atoms with Crippen LogP contribution in [0.3, 0.4) is 0 Å². The zero-order valence-electron chi connectivity index (χ0n) is 21.7. The van der Waals surface area contributed by atoms with Crippen LogP contribution in [0.1, 0.15) is 54.8 Å². The lowest BCUT2D eigenvalue weighted by Crippen LogP contribution is -2.24. The molecule has 1 unspecified atom stereocenters. The van der Waals surface area contributed by atoms with Crippen molar-refractivity contribution in [1.82, 2.24) is 9.47 Å². The topological polar surface area (TPSA) is 66.4 Å². The third-order valence-corrected chi connectivity index (χ3v) is 6.93. The summed E-state index contributed by atoms with van der Waals surface area (Å²) in [7, 11) is 4.10. The monoisotopic (exact) mass is 492 g/mol. The van der Waals surface area contributed by atoms with E-state index in [1.54, 1.807) is 6.07 Å². The second-order valence-electron chi connectivity index (χ2n) is 9.97. The van der Waals surface area contributed by atoms with Gasteiger partial charge in [0.25, 0.3) is 5.91 Å². The maximum Gasteiger partial charge on any atom is 0.255 e. The number of ketones is 1. The van der Waals surface area contributed by atoms with E-state index in [0.29, 0.717) is 23.4 Å². The number of amides is 1. The molecular formula is C31H32N4O2. The highest BCUT2D eigenvalue weighted by atomic mass is 16.1. The van der Waals surface area contributed by atoms with Gasteiger partial charge >= 0.3 is 0 Å². The van der Waals surface area contributed by atoms with Gasteiger partial charge in [0.15, 0.2) is 5.78 Å². The van der Waals surface area contributed by atoms with Crippen LogP contribution >= 0.6 is 0 Å². The molecule has 0 bridgehead atoms. The van der Waals surface area contributed by atoms with Gasteiger partial charge in [0.05, 0.1) is 0 Å². The van der Waals surface area contributed by atoms with Crippen LogP contribution in [-0.2, 0) is 13.1 Å². The fourth-order valence-corrected chi connectivity index (χ4v) is 5.03. The van der Waals surface area contributed by atoms with Crippen LogP contribution in [0.5, 0.6) is 0 Å². The molecule has 1 aromatic heterocycles. The second-order valence-corrected chi connectivity index (χ2v) is 9.97. The SMILES string of the molecule is Cc1ccccc1C(=O)Nc1ccc(C(=O)C2Nc3ccccc3Cn3c(CN(C)C)ccc32)c(C)c1. The highest BCUT2D eigenvalue weighted by molar-refractivity contribution is 6.06. The van der Waals surface area contributed by atoms with Crippen LogP contribution in [0.15, 0.2) is 78.9 Å². The van der Waals surface area contributed by atoms with E-state index < -0.39 is 6.04 Å². The van der Waals surface area contributed by atoms with Crippen LogP contribution in [0.4, 0.5) is 11.4 Å². The summed E-state index contributed by atoms with van der Waals surface area (Å²) in [6.07, 6.45) is 0. The zero-order chi connectivity index (χ0) is 26.1. The number of nitrogens with zero attached hydrogens (tertiary/aromatic N) is 2. The van der Waals surface area contributed by atoms with Gasteiger partial charge in [-0.1, -0.05) is 36.4 Å². The number of hydrogen-bond donors (Lipinski definition) is 2. The zero-order valence-corrected chi connectivity index (χ0v) is 21.7. The van der Waals surface area contributed by atoms with Crippen molar-refractivity contribution in [3.8, 4) is 0 Å². The van der Waals surface area contributed by atoms with Crippen LogP contribution in [0, 0.1) is 13.8 Å². The lowest BCUT2D eigenvalue weighted by Gasteiger charge is -2.20. The molecule has 188 valence electrons. The van der Waals surface area contributed by atoms with E-state index in [4.69, 9.17) is 0 Å². The number of carbonyl (C=O) groups is 2. The summed E-state index contributed by atoms with van der Waals surface area (Å²) in [5, 5.41) is 6.50. The van der Waals surface area contributed by atoms with E-state index in [1.807, 2.05) is 82.5 Å².